The smallest absolute Gasteiger partial charge is 0.410 e. The third kappa shape index (κ3) is 3.15. The topological polar surface area (TPSA) is 87.1 Å². The van der Waals surface area contributed by atoms with Crippen molar-refractivity contribution >= 4 is 12.1 Å². The van der Waals surface area contributed by atoms with Gasteiger partial charge in [-0.05, 0) is 24.6 Å². The number of nitrogens with zero attached hydrogens (tertiary/aromatic N) is 1. The van der Waals surface area contributed by atoms with Crippen molar-refractivity contribution in [1.29, 1.82) is 0 Å². The zero-order chi connectivity index (χ0) is 14.0. The van der Waals surface area contributed by atoms with Crippen LogP contribution < -0.4 is 0 Å². The Morgan fingerprint density at radius 1 is 1.53 bits per heavy atom. The molecule has 0 bridgehead atoms. The van der Waals surface area contributed by atoms with Gasteiger partial charge in [0.1, 0.15) is 11.4 Å². The van der Waals surface area contributed by atoms with E-state index in [1.54, 1.807) is 31.2 Å². The van der Waals surface area contributed by atoms with E-state index in [4.69, 9.17) is 9.84 Å². The van der Waals surface area contributed by atoms with Gasteiger partial charge in [0.05, 0.1) is 13.0 Å². The van der Waals surface area contributed by atoms with Gasteiger partial charge in [-0.25, -0.2) is 4.79 Å². The number of hydrogen-bond donors (Lipinski definition) is 2. The van der Waals surface area contributed by atoms with Crippen LogP contribution in [0.25, 0.3) is 0 Å². The van der Waals surface area contributed by atoms with Crippen LogP contribution in [-0.4, -0.2) is 39.3 Å². The Kier molecular flexibility index (Phi) is 3.33. The first-order chi connectivity index (χ1) is 8.88. The summed E-state index contributed by atoms with van der Waals surface area (Å²) < 4.78 is 5.12. The largest absolute Gasteiger partial charge is 0.508 e. The number of carboxylic acids is 1. The molecule has 19 heavy (non-hydrogen) atoms. The van der Waals surface area contributed by atoms with Crippen molar-refractivity contribution in [3.63, 3.8) is 0 Å². The lowest BCUT2D eigenvalue weighted by Crippen LogP contribution is -2.33. The molecule has 1 atom stereocenters. The van der Waals surface area contributed by atoms with Crippen molar-refractivity contribution in [1.82, 2.24) is 4.90 Å². The van der Waals surface area contributed by atoms with Gasteiger partial charge in [0.2, 0.25) is 0 Å². The molecule has 6 heteroatoms. The number of carboxylic acid groups (broad SMARTS) is 1. The molecule has 102 valence electrons. The molecule has 1 aliphatic rings. The van der Waals surface area contributed by atoms with E-state index < -0.39 is 17.7 Å². The minimum Gasteiger partial charge on any atom is -0.508 e. The fourth-order valence-electron chi connectivity index (χ4n) is 2.18. The Balaban J connectivity index is 2.06. The lowest BCUT2D eigenvalue weighted by molar-refractivity contribution is -0.140. The number of phenolic OH excluding ortho intramolecular Hbond substituents is 1. The van der Waals surface area contributed by atoms with E-state index in [1.807, 2.05) is 0 Å². The number of phenols is 1. The summed E-state index contributed by atoms with van der Waals surface area (Å²) >= 11 is 0. The molecule has 1 unspecified atom stereocenters. The summed E-state index contributed by atoms with van der Waals surface area (Å²) in [5, 5.41) is 18.2. The second-order valence-corrected chi connectivity index (χ2v) is 4.91. The second kappa shape index (κ2) is 4.79. The number of aliphatic carboxylic acids is 1. The molecule has 2 N–H and O–H groups in total. The second-order valence-electron chi connectivity index (χ2n) is 4.91. The molecule has 2 rings (SSSR count). The summed E-state index contributed by atoms with van der Waals surface area (Å²) in [5.74, 6) is -0.882. The van der Waals surface area contributed by atoms with Gasteiger partial charge in [-0.3, -0.25) is 9.69 Å². The fourth-order valence-corrected chi connectivity index (χ4v) is 2.18. The number of amides is 1. The van der Waals surface area contributed by atoms with Gasteiger partial charge >= 0.3 is 12.1 Å². The molecule has 0 spiro atoms. The van der Waals surface area contributed by atoms with Gasteiger partial charge in [-0.2, -0.15) is 0 Å². The summed E-state index contributed by atoms with van der Waals surface area (Å²) in [7, 11) is 0. The molecule has 0 radical (unpaired) electrons. The van der Waals surface area contributed by atoms with E-state index in [2.05, 4.69) is 0 Å². The van der Waals surface area contributed by atoms with Crippen LogP contribution >= 0.6 is 0 Å². The number of cyclic esters (lactones) is 1. The molecule has 1 aromatic carbocycles. The highest BCUT2D eigenvalue weighted by molar-refractivity contribution is 5.74. The Labute approximate surface area is 110 Å². The lowest BCUT2D eigenvalue weighted by atomic mass is 10.0. The van der Waals surface area contributed by atoms with E-state index in [-0.39, 0.29) is 25.3 Å². The zero-order valence-corrected chi connectivity index (χ0v) is 10.5. The van der Waals surface area contributed by atoms with Crippen LogP contribution in [0, 0.1) is 0 Å². The average Bonchev–Trinajstić information content (AvgIpc) is 2.52. The molecule has 6 nitrogen and oxygen atoms in total. The Bertz CT molecular complexity index is 516. The number of ether oxygens (including phenoxy) is 1. The Hall–Kier alpha value is -2.24. The number of carbonyl (C=O) groups excluding carboxylic acids is 1. The first-order valence-electron chi connectivity index (χ1n) is 5.86. The summed E-state index contributed by atoms with van der Waals surface area (Å²) in [6, 6.07) is 6.56. The van der Waals surface area contributed by atoms with Crippen molar-refractivity contribution < 1.29 is 24.5 Å². The van der Waals surface area contributed by atoms with Gasteiger partial charge in [-0.1, -0.05) is 12.1 Å². The molecular formula is C13H15NO5. The van der Waals surface area contributed by atoms with Gasteiger partial charge in [-0.15, -0.1) is 0 Å². The highest BCUT2D eigenvalue weighted by Crippen LogP contribution is 2.27. The molecule has 1 heterocycles. The predicted octanol–water partition coefficient (Wildman–Crippen LogP) is 1.58. The van der Waals surface area contributed by atoms with Crippen LogP contribution in [0.4, 0.5) is 4.79 Å². The minimum absolute atomic E-state index is 0.123. The third-order valence-corrected chi connectivity index (χ3v) is 2.93. The average molecular weight is 265 g/mol. The molecule has 0 aliphatic carbocycles. The van der Waals surface area contributed by atoms with Crippen LogP contribution in [0.1, 0.15) is 18.9 Å². The third-order valence-electron chi connectivity index (χ3n) is 2.93. The van der Waals surface area contributed by atoms with E-state index in [9.17, 15) is 14.7 Å². The van der Waals surface area contributed by atoms with Gasteiger partial charge in [0.25, 0.3) is 0 Å². The molecule has 0 saturated carbocycles. The van der Waals surface area contributed by atoms with Crippen LogP contribution in [0.3, 0.4) is 0 Å². The number of carbonyl (C=O) groups is 2. The highest BCUT2D eigenvalue weighted by atomic mass is 16.6. The van der Waals surface area contributed by atoms with Crippen molar-refractivity contribution in [2.45, 2.75) is 25.5 Å². The number of hydrogen-bond acceptors (Lipinski definition) is 4. The fraction of sp³-hybridized carbons (Fsp3) is 0.385. The van der Waals surface area contributed by atoms with E-state index >= 15 is 0 Å². The normalized spacial score (nSPS) is 22.4. The van der Waals surface area contributed by atoms with E-state index in [0.717, 1.165) is 5.56 Å². The number of benzene rings is 1. The van der Waals surface area contributed by atoms with Crippen LogP contribution in [0.5, 0.6) is 5.75 Å². The van der Waals surface area contributed by atoms with Crippen molar-refractivity contribution in [3.05, 3.63) is 29.8 Å². The maximum atomic E-state index is 11.7. The molecule has 1 fully saturated rings. The molecule has 1 saturated heterocycles. The molecule has 1 aliphatic heterocycles. The van der Waals surface area contributed by atoms with Crippen molar-refractivity contribution in [2.75, 3.05) is 6.54 Å². The van der Waals surface area contributed by atoms with Gasteiger partial charge in [0, 0.05) is 6.54 Å². The van der Waals surface area contributed by atoms with Crippen molar-refractivity contribution in [3.8, 4) is 5.75 Å². The first-order valence-corrected chi connectivity index (χ1v) is 5.86. The summed E-state index contributed by atoms with van der Waals surface area (Å²) in [6.45, 7) is 2.09. The summed E-state index contributed by atoms with van der Waals surface area (Å²) in [4.78, 5) is 23.9. The quantitative estimate of drug-likeness (QED) is 0.863. The number of aromatic hydroxyl groups is 1. The van der Waals surface area contributed by atoms with Crippen LogP contribution in [0.2, 0.25) is 0 Å². The van der Waals surface area contributed by atoms with E-state index in [1.165, 1.54) is 4.90 Å². The first kappa shape index (κ1) is 13.2. The monoisotopic (exact) mass is 265 g/mol. The SMILES string of the molecule is CC1(CC(=O)O)CN(Cc2cccc(O)c2)C(=O)O1. The Morgan fingerprint density at radius 2 is 2.26 bits per heavy atom. The summed E-state index contributed by atoms with van der Waals surface area (Å²) in [6.07, 6.45) is -0.762. The van der Waals surface area contributed by atoms with Crippen molar-refractivity contribution in [2.24, 2.45) is 0 Å². The number of rotatable bonds is 4. The maximum Gasteiger partial charge on any atom is 0.410 e. The summed E-state index contributed by atoms with van der Waals surface area (Å²) in [5.41, 5.74) is -0.240. The lowest BCUT2D eigenvalue weighted by Gasteiger charge is -2.19. The maximum absolute atomic E-state index is 11.7. The molecule has 1 aromatic rings. The molecule has 0 aromatic heterocycles. The molecule has 1 amide bonds. The highest BCUT2D eigenvalue weighted by Gasteiger charge is 2.42. The zero-order valence-electron chi connectivity index (χ0n) is 10.5. The minimum atomic E-state index is -1.01. The predicted molar refractivity (Wildman–Crippen MR) is 65.7 cm³/mol. The van der Waals surface area contributed by atoms with Crippen LogP contribution in [-0.2, 0) is 16.1 Å². The van der Waals surface area contributed by atoms with Gasteiger partial charge in [0.15, 0.2) is 0 Å². The van der Waals surface area contributed by atoms with E-state index in [0.29, 0.717) is 0 Å². The van der Waals surface area contributed by atoms with Gasteiger partial charge < -0.3 is 14.9 Å². The Morgan fingerprint density at radius 3 is 2.89 bits per heavy atom. The van der Waals surface area contributed by atoms with Crippen LogP contribution in [0.15, 0.2) is 24.3 Å². The standard InChI is InChI=1S/C13H15NO5/c1-13(6-11(16)17)8-14(12(18)19-13)7-9-3-2-4-10(15)5-9/h2-5,15H,6-8H2,1H3,(H,16,17). The molecular weight excluding hydrogens is 250 g/mol.